The number of rotatable bonds is 6. The quantitative estimate of drug-likeness (QED) is 0.428. The Kier molecular flexibility index (Phi) is 5.44. The minimum absolute atomic E-state index is 0.0395. The first-order chi connectivity index (χ1) is 14.1. The first-order valence-electron chi connectivity index (χ1n) is 9.47. The molecule has 2 heterocycles. The summed E-state index contributed by atoms with van der Waals surface area (Å²) in [6, 6.07) is 15.2. The predicted octanol–water partition coefficient (Wildman–Crippen LogP) is 3.21. The van der Waals surface area contributed by atoms with E-state index in [0.29, 0.717) is 17.9 Å². The van der Waals surface area contributed by atoms with Gasteiger partial charge in [-0.15, -0.1) is 0 Å². The summed E-state index contributed by atoms with van der Waals surface area (Å²) >= 11 is 0. The van der Waals surface area contributed by atoms with Crippen molar-refractivity contribution in [3.05, 3.63) is 70.3 Å². The number of amides is 1. The van der Waals surface area contributed by atoms with E-state index in [0.717, 1.165) is 25.0 Å². The number of carbonyl (C=O) groups is 1. The Labute approximate surface area is 167 Å². The number of ether oxygens (including phenoxy) is 1. The van der Waals surface area contributed by atoms with E-state index in [1.165, 1.54) is 29.3 Å². The molecule has 2 atom stereocenters. The van der Waals surface area contributed by atoms with Crippen molar-refractivity contribution in [1.29, 1.82) is 0 Å². The molecule has 0 radical (unpaired) electrons. The van der Waals surface area contributed by atoms with Crippen molar-refractivity contribution in [3.8, 4) is 0 Å². The molecule has 0 N–H and O–H groups in total. The van der Waals surface area contributed by atoms with Crippen molar-refractivity contribution in [2.24, 2.45) is 16.0 Å². The third kappa shape index (κ3) is 4.07. The van der Waals surface area contributed by atoms with Crippen LogP contribution in [-0.4, -0.2) is 42.0 Å². The molecular weight excluding hydrogens is 372 g/mol. The number of nitro benzene ring substituents is 1. The van der Waals surface area contributed by atoms with E-state index in [4.69, 9.17) is 4.74 Å². The summed E-state index contributed by atoms with van der Waals surface area (Å²) in [4.78, 5) is 28.0. The molecule has 29 heavy (non-hydrogen) atoms. The van der Waals surface area contributed by atoms with Gasteiger partial charge in [0, 0.05) is 25.0 Å². The molecule has 2 aromatic carbocycles. The molecule has 8 nitrogen and oxygen atoms in total. The van der Waals surface area contributed by atoms with Crippen LogP contribution in [0, 0.1) is 16.0 Å². The van der Waals surface area contributed by atoms with Crippen LogP contribution >= 0.6 is 0 Å². The van der Waals surface area contributed by atoms with Crippen LogP contribution in [0.3, 0.4) is 0 Å². The molecule has 148 valence electrons. The van der Waals surface area contributed by atoms with Crippen LogP contribution in [0.5, 0.6) is 0 Å². The Morgan fingerprint density at radius 2 is 1.97 bits per heavy atom. The molecule has 2 aromatic rings. The Morgan fingerprint density at radius 1 is 1.21 bits per heavy atom. The van der Waals surface area contributed by atoms with Crippen LogP contribution in [0.4, 0.5) is 11.4 Å². The maximum absolute atomic E-state index is 13.1. The van der Waals surface area contributed by atoms with Crippen molar-refractivity contribution in [1.82, 2.24) is 0 Å². The van der Waals surface area contributed by atoms with E-state index in [1.807, 2.05) is 30.3 Å². The average molecular weight is 392 g/mol. The van der Waals surface area contributed by atoms with Gasteiger partial charge in [0.1, 0.15) is 5.92 Å². The number of hydrogen-bond acceptors (Lipinski definition) is 6. The van der Waals surface area contributed by atoms with Gasteiger partial charge in [0.25, 0.3) is 11.6 Å². The van der Waals surface area contributed by atoms with Gasteiger partial charge in [-0.25, -0.2) is 0 Å². The maximum Gasteiger partial charge on any atom is 0.269 e. The molecule has 0 unspecified atom stereocenters. The third-order valence-electron chi connectivity index (χ3n) is 4.94. The lowest BCUT2D eigenvalue weighted by Crippen LogP contribution is -2.29. The minimum atomic E-state index is -0.617. The fourth-order valence-electron chi connectivity index (χ4n) is 3.42. The number of carbonyl (C=O) groups excluding carboxylic acids is 1. The summed E-state index contributed by atoms with van der Waals surface area (Å²) in [5.41, 5.74) is 1.87. The van der Waals surface area contributed by atoms with E-state index >= 15 is 0 Å². The molecule has 2 aliphatic rings. The van der Waals surface area contributed by atoms with Gasteiger partial charge in [-0.1, -0.05) is 30.3 Å². The average Bonchev–Trinajstić information content (AvgIpc) is 3.37. The molecule has 1 fully saturated rings. The summed E-state index contributed by atoms with van der Waals surface area (Å²) in [5.74, 6) is -0.859. The molecule has 1 amide bonds. The second-order valence-electron chi connectivity index (χ2n) is 6.90. The van der Waals surface area contributed by atoms with Crippen molar-refractivity contribution in [2.75, 3.05) is 18.2 Å². The van der Waals surface area contributed by atoms with Crippen LogP contribution in [-0.2, 0) is 9.53 Å². The standard InChI is InChI=1S/C21H20N4O4/c26-21-19(14-22-13-18-7-4-12-29-18)20(15-5-2-1-3-6-15)23-24(21)16-8-10-17(11-9-16)25(27)28/h1-3,5-6,8-11,14,18-19H,4,7,12-13H2/t18-,19-/m0/s1. The lowest BCUT2D eigenvalue weighted by atomic mass is 9.98. The van der Waals surface area contributed by atoms with E-state index in [1.54, 1.807) is 6.21 Å². The number of non-ortho nitro benzene ring substituents is 1. The highest BCUT2D eigenvalue weighted by molar-refractivity contribution is 6.29. The zero-order chi connectivity index (χ0) is 20.2. The van der Waals surface area contributed by atoms with E-state index in [2.05, 4.69) is 10.1 Å². The van der Waals surface area contributed by atoms with Crippen molar-refractivity contribution in [3.63, 3.8) is 0 Å². The highest BCUT2D eigenvalue weighted by Gasteiger charge is 2.36. The zero-order valence-corrected chi connectivity index (χ0v) is 15.7. The molecule has 0 saturated carbocycles. The zero-order valence-electron chi connectivity index (χ0n) is 15.7. The van der Waals surface area contributed by atoms with Crippen molar-refractivity contribution in [2.45, 2.75) is 18.9 Å². The topological polar surface area (TPSA) is 97.4 Å². The van der Waals surface area contributed by atoms with Gasteiger partial charge in [0.05, 0.1) is 29.0 Å². The number of nitrogens with zero attached hydrogens (tertiary/aromatic N) is 4. The number of anilines is 1. The second kappa shape index (κ2) is 8.32. The molecule has 2 aliphatic heterocycles. The second-order valence-corrected chi connectivity index (χ2v) is 6.90. The molecule has 0 aliphatic carbocycles. The third-order valence-corrected chi connectivity index (χ3v) is 4.94. The highest BCUT2D eigenvalue weighted by atomic mass is 16.6. The first-order valence-corrected chi connectivity index (χ1v) is 9.47. The van der Waals surface area contributed by atoms with Gasteiger partial charge in [-0.3, -0.25) is 19.9 Å². The first kappa shape index (κ1) is 18.9. The van der Waals surface area contributed by atoms with Gasteiger partial charge in [0.15, 0.2) is 0 Å². The summed E-state index contributed by atoms with van der Waals surface area (Å²) in [5, 5.41) is 16.7. The van der Waals surface area contributed by atoms with Crippen LogP contribution in [0.1, 0.15) is 18.4 Å². The van der Waals surface area contributed by atoms with Crippen molar-refractivity contribution >= 4 is 29.2 Å². The summed E-state index contributed by atoms with van der Waals surface area (Å²) in [6.45, 7) is 1.27. The lowest BCUT2D eigenvalue weighted by molar-refractivity contribution is -0.384. The van der Waals surface area contributed by atoms with Gasteiger partial charge < -0.3 is 4.74 Å². The number of hydrogen-bond donors (Lipinski definition) is 0. The van der Waals surface area contributed by atoms with E-state index in [-0.39, 0.29) is 17.7 Å². The van der Waals surface area contributed by atoms with Crippen molar-refractivity contribution < 1.29 is 14.5 Å². The van der Waals surface area contributed by atoms with Crippen LogP contribution in [0.2, 0.25) is 0 Å². The normalized spacial score (nSPS) is 21.7. The number of hydrazone groups is 1. The maximum atomic E-state index is 13.1. The van der Waals surface area contributed by atoms with Crippen LogP contribution in [0.15, 0.2) is 64.7 Å². The van der Waals surface area contributed by atoms with Gasteiger partial charge in [-0.05, 0) is 30.5 Å². The van der Waals surface area contributed by atoms with Gasteiger partial charge >= 0.3 is 0 Å². The molecule has 0 bridgehead atoms. The Morgan fingerprint density at radius 3 is 2.62 bits per heavy atom. The SMILES string of the molecule is O=C1[C@@H](C=NC[C@@H]2CCCO2)C(c2ccccc2)=NN1c1ccc([N+](=O)[O-])cc1. The number of aliphatic imine (C=N–C) groups is 1. The Bertz CT molecular complexity index is 950. The van der Waals surface area contributed by atoms with Crippen LogP contribution < -0.4 is 5.01 Å². The fraction of sp³-hybridized carbons (Fsp3) is 0.286. The van der Waals surface area contributed by atoms with E-state index < -0.39 is 10.8 Å². The summed E-state index contributed by atoms with van der Waals surface area (Å²) in [6.07, 6.45) is 3.75. The fourth-order valence-corrected chi connectivity index (χ4v) is 3.42. The van der Waals surface area contributed by atoms with E-state index in [9.17, 15) is 14.9 Å². The molecule has 1 saturated heterocycles. The highest BCUT2D eigenvalue weighted by Crippen LogP contribution is 2.27. The molecule has 0 spiro atoms. The molecule has 0 aromatic heterocycles. The Balaban J connectivity index is 1.61. The predicted molar refractivity (Wildman–Crippen MR) is 109 cm³/mol. The monoisotopic (exact) mass is 392 g/mol. The summed E-state index contributed by atoms with van der Waals surface area (Å²) in [7, 11) is 0. The molecule has 8 heteroatoms. The largest absolute Gasteiger partial charge is 0.376 e. The Hall–Kier alpha value is -3.39. The van der Waals surface area contributed by atoms with Gasteiger partial charge in [-0.2, -0.15) is 10.1 Å². The molecule has 4 rings (SSSR count). The number of nitro groups is 1. The van der Waals surface area contributed by atoms with Crippen LogP contribution in [0.25, 0.3) is 0 Å². The smallest absolute Gasteiger partial charge is 0.269 e. The summed E-state index contributed by atoms with van der Waals surface area (Å²) < 4.78 is 5.58. The minimum Gasteiger partial charge on any atom is -0.376 e. The number of benzene rings is 2. The van der Waals surface area contributed by atoms with Gasteiger partial charge in [0.2, 0.25) is 0 Å². The lowest BCUT2D eigenvalue weighted by Gasteiger charge is -2.12. The molecular formula is C21H20N4O4.